The Kier molecular flexibility index (Phi) is 23.6. The third-order valence-electron chi connectivity index (χ3n) is 13.5. The molecule has 2 aromatic heterocycles. The molecule has 4 fully saturated rings. The van der Waals surface area contributed by atoms with Crippen LogP contribution in [-0.4, -0.2) is 132 Å². The van der Waals surface area contributed by atoms with E-state index in [0.717, 1.165) is 88.9 Å². The number of nitrogens with one attached hydrogen (secondary N) is 4. The van der Waals surface area contributed by atoms with Crippen molar-refractivity contribution >= 4 is 82.7 Å². The topological polar surface area (TPSA) is 157 Å². The molecule has 2 saturated carbocycles. The second kappa shape index (κ2) is 28.5. The fourth-order valence-corrected chi connectivity index (χ4v) is 9.85. The third-order valence-corrected chi connectivity index (χ3v) is 14.1. The van der Waals surface area contributed by atoms with Gasteiger partial charge in [-0.2, -0.15) is 29.9 Å². The van der Waals surface area contributed by atoms with E-state index in [1.807, 2.05) is 36.4 Å². The predicted molar refractivity (Wildman–Crippen MR) is 291 cm³/mol. The van der Waals surface area contributed by atoms with Crippen molar-refractivity contribution in [1.29, 1.82) is 0 Å². The Morgan fingerprint density at radius 3 is 1.16 bits per heavy atom. The highest BCUT2D eigenvalue weighted by molar-refractivity contribution is 6.32. The average Bonchev–Trinajstić information content (AvgIpc) is 3.74. The van der Waals surface area contributed by atoms with Crippen molar-refractivity contribution in [3.05, 3.63) is 46.4 Å². The van der Waals surface area contributed by atoms with Crippen molar-refractivity contribution in [3.63, 3.8) is 0 Å². The van der Waals surface area contributed by atoms with Crippen LogP contribution in [0, 0.1) is 0 Å². The van der Waals surface area contributed by atoms with Crippen LogP contribution in [0.4, 0.5) is 47.1 Å². The van der Waals surface area contributed by atoms with E-state index >= 15 is 0 Å². The summed E-state index contributed by atoms with van der Waals surface area (Å²) in [6, 6.07) is 12.8. The van der Waals surface area contributed by atoms with Crippen molar-refractivity contribution in [2.24, 2.45) is 0 Å². The van der Waals surface area contributed by atoms with Crippen LogP contribution in [0.3, 0.4) is 0 Å². The van der Waals surface area contributed by atoms with E-state index < -0.39 is 0 Å². The molecule has 2 aromatic carbocycles. The number of halogens is 3. The Hall–Kier alpha value is -4.35. The molecule has 2 saturated heterocycles. The number of ether oxygens (including phenoxy) is 2. The molecule has 0 spiro atoms. The minimum Gasteiger partial charge on any atom is -0.495 e. The van der Waals surface area contributed by atoms with Gasteiger partial charge in [-0.1, -0.05) is 89.4 Å². The van der Waals surface area contributed by atoms with E-state index in [1.54, 1.807) is 14.2 Å². The highest BCUT2D eigenvalue weighted by atomic mass is 35.5. The van der Waals surface area contributed by atoms with Gasteiger partial charge in [0, 0.05) is 49.6 Å². The quantitative estimate of drug-likeness (QED) is 0.0884. The Bertz CT molecular complexity index is 1980. The van der Waals surface area contributed by atoms with Crippen LogP contribution >= 0.6 is 35.6 Å². The van der Waals surface area contributed by atoms with Gasteiger partial charge in [-0.05, 0) is 128 Å². The summed E-state index contributed by atoms with van der Waals surface area (Å²) in [5, 5.41) is 14.9. The van der Waals surface area contributed by atoms with Crippen molar-refractivity contribution in [3.8, 4) is 11.5 Å². The molecular formula is C50H81Cl3N14O2. The van der Waals surface area contributed by atoms with Crippen LogP contribution in [0.25, 0.3) is 0 Å². The first-order chi connectivity index (χ1) is 32.0. The van der Waals surface area contributed by atoms with Crippen LogP contribution in [0.1, 0.15) is 118 Å². The van der Waals surface area contributed by atoms with Gasteiger partial charge in [0.05, 0.1) is 24.3 Å². The zero-order valence-corrected chi connectivity index (χ0v) is 42.7. The number of hydrogen-bond acceptors (Lipinski definition) is 16. The summed E-state index contributed by atoms with van der Waals surface area (Å²) in [6.45, 7) is 4.34. The first-order valence-electron chi connectivity index (χ1n) is 24.1. The number of rotatable bonds is 14. The summed E-state index contributed by atoms with van der Waals surface area (Å²) in [5.41, 5.74) is 1.61. The smallest absolute Gasteiger partial charge is 0.233 e. The lowest BCUT2D eigenvalue weighted by Crippen LogP contribution is -2.42. The van der Waals surface area contributed by atoms with E-state index in [0.29, 0.717) is 81.4 Å². The lowest BCUT2D eigenvalue weighted by atomic mass is 10.0. The number of aromatic nitrogens is 6. The zero-order chi connectivity index (χ0) is 46.4. The van der Waals surface area contributed by atoms with Gasteiger partial charge in [0.1, 0.15) is 11.5 Å². The Balaban J connectivity index is 0.000000288. The Morgan fingerprint density at radius 2 is 0.841 bits per heavy atom. The van der Waals surface area contributed by atoms with Crippen LogP contribution in [-0.2, 0) is 0 Å². The van der Waals surface area contributed by atoms with E-state index in [-0.39, 0.29) is 27.3 Å². The molecule has 2 aliphatic carbocycles. The molecule has 16 nitrogen and oxygen atoms in total. The van der Waals surface area contributed by atoms with Gasteiger partial charge < -0.3 is 50.3 Å². The summed E-state index contributed by atoms with van der Waals surface area (Å²) >= 11 is 12.6. The molecule has 0 atom stereocenters. The molecule has 2 aliphatic heterocycles. The summed E-state index contributed by atoms with van der Waals surface area (Å²) in [4.78, 5) is 37.8. The largest absolute Gasteiger partial charge is 0.495 e. The van der Waals surface area contributed by atoms with Gasteiger partial charge >= 0.3 is 0 Å². The van der Waals surface area contributed by atoms with Crippen molar-refractivity contribution < 1.29 is 9.47 Å². The third kappa shape index (κ3) is 16.9. The van der Waals surface area contributed by atoms with Gasteiger partial charge in [-0.15, -0.1) is 12.4 Å². The Morgan fingerprint density at radius 1 is 0.507 bits per heavy atom. The number of hydrogen-bond donors (Lipinski definition) is 4. The molecule has 4 aliphatic rings. The lowest BCUT2D eigenvalue weighted by molar-refractivity contribution is 0.252. The highest BCUT2D eigenvalue weighted by Gasteiger charge is 2.26. The van der Waals surface area contributed by atoms with E-state index in [4.69, 9.17) is 62.6 Å². The molecule has 0 bridgehead atoms. The van der Waals surface area contributed by atoms with Crippen molar-refractivity contribution in [1.82, 2.24) is 39.7 Å². The highest BCUT2D eigenvalue weighted by Crippen LogP contribution is 2.32. The predicted octanol–water partition coefficient (Wildman–Crippen LogP) is 11.6. The second-order valence-electron chi connectivity index (χ2n) is 18.5. The second-order valence-corrected chi connectivity index (χ2v) is 19.3. The Labute approximate surface area is 429 Å². The molecule has 0 amide bonds. The number of benzene rings is 2. The number of anilines is 8. The molecular weight excluding hydrogens is 935 g/mol. The van der Waals surface area contributed by atoms with Crippen molar-refractivity contribution in [2.75, 3.05) is 99.7 Å². The number of nitrogens with zero attached hydrogens (tertiary/aromatic N) is 10. The van der Waals surface area contributed by atoms with E-state index in [2.05, 4.69) is 69.1 Å². The maximum absolute atomic E-state index is 6.32. The average molecular weight is 1020 g/mol. The maximum atomic E-state index is 6.32. The molecule has 384 valence electrons. The summed E-state index contributed by atoms with van der Waals surface area (Å²) in [5.74, 6) is 4.94. The first kappa shape index (κ1) is 57.2. The molecule has 69 heavy (non-hydrogen) atoms. The number of piperidine rings is 2. The summed E-state index contributed by atoms with van der Waals surface area (Å²) in [7, 11) is 11.8. The SMILES string of the molecule is C.C.COc1ccc(Nc2nc(NC3CCCCCC3)nc(N(C)C3CCN(C)CC3)n2)cc1Cl.COc1ccc(Nc2nc(NC3CCCCCC3)nc(N(C)C3CCN(C)CC3)n2)cc1Cl.Cl. The molecule has 4 heterocycles. The zero-order valence-electron chi connectivity index (χ0n) is 40.4. The summed E-state index contributed by atoms with van der Waals surface area (Å²) < 4.78 is 10.5. The van der Waals surface area contributed by atoms with Crippen LogP contribution < -0.4 is 40.5 Å². The van der Waals surface area contributed by atoms with Gasteiger partial charge in [-0.3, -0.25) is 0 Å². The van der Waals surface area contributed by atoms with Crippen LogP contribution in [0.5, 0.6) is 11.5 Å². The molecule has 19 heteroatoms. The van der Waals surface area contributed by atoms with Crippen LogP contribution in [0.15, 0.2) is 36.4 Å². The van der Waals surface area contributed by atoms with Gasteiger partial charge in [0.25, 0.3) is 0 Å². The minimum atomic E-state index is 0. The fourth-order valence-electron chi connectivity index (χ4n) is 9.34. The first-order valence-corrected chi connectivity index (χ1v) is 24.9. The number of methoxy groups -OCH3 is 2. The van der Waals surface area contributed by atoms with E-state index in [9.17, 15) is 0 Å². The lowest BCUT2D eigenvalue weighted by Gasteiger charge is -2.35. The monoisotopic (exact) mass is 1010 g/mol. The van der Waals surface area contributed by atoms with Gasteiger partial charge in [0.2, 0.25) is 35.7 Å². The van der Waals surface area contributed by atoms with Gasteiger partial charge in [0.15, 0.2) is 0 Å². The molecule has 0 unspecified atom stereocenters. The van der Waals surface area contributed by atoms with E-state index in [1.165, 1.54) is 51.4 Å². The molecule has 0 radical (unpaired) electrons. The molecule has 4 aromatic rings. The molecule has 4 N–H and O–H groups in total. The number of likely N-dealkylation sites (tertiary alicyclic amines) is 2. The standard InChI is InChI=1S/2C24H36ClN7O.2CH4.ClH/c2*1-31-14-12-19(13-15-31)32(2)24-29-22(26-17-8-6-4-5-7-9-17)28-23(30-24)27-18-10-11-21(33-3)20(25)16-18;;;/h2*10-11,16-17,19H,4-9,12-15H2,1-3H3,(H2,26,27,28,29,30);2*1H4;1H. The maximum Gasteiger partial charge on any atom is 0.233 e. The minimum absolute atomic E-state index is 0. The fraction of sp³-hybridized carbons (Fsp3) is 0.640. The molecule has 8 rings (SSSR count). The van der Waals surface area contributed by atoms with Gasteiger partial charge in [-0.25, -0.2) is 0 Å². The van der Waals surface area contributed by atoms with Crippen LogP contribution in [0.2, 0.25) is 10.0 Å². The normalized spacial score (nSPS) is 17.7. The summed E-state index contributed by atoms with van der Waals surface area (Å²) in [6.07, 6.45) is 19.3. The van der Waals surface area contributed by atoms with Crippen molar-refractivity contribution in [2.45, 2.75) is 142 Å².